The van der Waals surface area contributed by atoms with E-state index in [4.69, 9.17) is 9.47 Å². The van der Waals surface area contributed by atoms with Crippen molar-refractivity contribution in [1.29, 1.82) is 0 Å². The predicted molar refractivity (Wildman–Crippen MR) is 77.5 cm³/mol. The number of hydrogen-bond donors (Lipinski definition) is 1. The van der Waals surface area contributed by atoms with Crippen LogP contribution in [-0.2, 0) is 9.47 Å². The van der Waals surface area contributed by atoms with Gasteiger partial charge < -0.3 is 14.8 Å². The van der Waals surface area contributed by atoms with E-state index in [0.717, 1.165) is 18.5 Å². The molecule has 0 heterocycles. The number of nitrogens with one attached hydrogen (secondary N) is 1. The van der Waals surface area contributed by atoms with Crippen molar-refractivity contribution in [3.05, 3.63) is 35.6 Å². The van der Waals surface area contributed by atoms with Gasteiger partial charge in [-0.1, -0.05) is 12.1 Å². The Kier molecular flexibility index (Phi) is 6.43. The van der Waals surface area contributed by atoms with Crippen molar-refractivity contribution >= 4 is 0 Å². The number of ether oxygens (including phenoxy) is 2. The van der Waals surface area contributed by atoms with E-state index >= 15 is 0 Å². The molecule has 0 spiro atoms. The molecule has 0 amide bonds. The molecule has 1 unspecified atom stereocenters. The summed E-state index contributed by atoms with van der Waals surface area (Å²) < 4.78 is 23.8. The van der Waals surface area contributed by atoms with Crippen LogP contribution in [0, 0.1) is 5.82 Å². The van der Waals surface area contributed by atoms with Gasteiger partial charge in [-0.2, -0.15) is 0 Å². The second-order valence-electron chi connectivity index (χ2n) is 5.33. The molecule has 1 saturated carbocycles. The van der Waals surface area contributed by atoms with Crippen molar-refractivity contribution in [2.24, 2.45) is 0 Å². The summed E-state index contributed by atoms with van der Waals surface area (Å²) in [7, 11) is 1.67. The fourth-order valence-corrected chi connectivity index (χ4v) is 2.21. The van der Waals surface area contributed by atoms with Gasteiger partial charge in [-0.05, 0) is 42.9 Å². The fourth-order valence-electron chi connectivity index (χ4n) is 2.21. The van der Waals surface area contributed by atoms with E-state index < -0.39 is 0 Å². The summed E-state index contributed by atoms with van der Waals surface area (Å²) in [6, 6.07) is 7.57. The summed E-state index contributed by atoms with van der Waals surface area (Å²) in [6.45, 7) is 2.80. The molecule has 1 aliphatic carbocycles. The lowest BCUT2D eigenvalue weighted by Gasteiger charge is -2.18. The maximum atomic E-state index is 13.4. The molecule has 0 bridgehead atoms. The Hall–Kier alpha value is -0.970. The summed E-state index contributed by atoms with van der Waals surface area (Å²) in [5, 5.41) is 3.52. The van der Waals surface area contributed by atoms with Gasteiger partial charge in [0.15, 0.2) is 0 Å². The van der Waals surface area contributed by atoms with Crippen molar-refractivity contribution < 1.29 is 13.9 Å². The zero-order chi connectivity index (χ0) is 14.2. The molecule has 3 nitrogen and oxygen atoms in total. The van der Waals surface area contributed by atoms with Crippen LogP contribution < -0.4 is 5.32 Å². The molecule has 0 aliphatic heterocycles. The Bertz CT molecular complexity index is 396. The highest BCUT2D eigenvalue weighted by Gasteiger charge is 2.22. The molecule has 112 valence electrons. The van der Waals surface area contributed by atoms with Gasteiger partial charge >= 0.3 is 0 Å². The molecule has 20 heavy (non-hydrogen) atoms. The molecular formula is C16H24FNO2. The van der Waals surface area contributed by atoms with Crippen molar-refractivity contribution in [3.8, 4) is 0 Å². The van der Waals surface area contributed by atoms with Gasteiger partial charge in [0.25, 0.3) is 0 Å². The number of rotatable bonds is 10. The summed E-state index contributed by atoms with van der Waals surface area (Å²) in [5.74, 6) is 0.132. The Labute approximate surface area is 120 Å². The van der Waals surface area contributed by atoms with Crippen LogP contribution in [0.15, 0.2) is 24.3 Å². The minimum Gasteiger partial charge on any atom is -0.382 e. The van der Waals surface area contributed by atoms with Gasteiger partial charge in [-0.25, -0.2) is 4.39 Å². The lowest BCUT2D eigenvalue weighted by molar-refractivity contribution is 0.0669. The second kappa shape index (κ2) is 8.35. The zero-order valence-electron chi connectivity index (χ0n) is 12.1. The first-order valence-corrected chi connectivity index (χ1v) is 7.35. The van der Waals surface area contributed by atoms with E-state index in [9.17, 15) is 4.39 Å². The number of benzene rings is 1. The van der Waals surface area contributed by atoms with Gasteiger partial charge in [-0.3, -0.25) is 0 Å². The normalized spacial score (nSPS) is 16.3. The third-order valence-corrected chi connectivity index (χ3v) is 3.59. The average Bonchev–Trinajstić information content (AvgIpc) is 3.26. The van der Waals surface area contributed by atoms with Gasteiger partial charge in [0.1, 0.15) is 5.82 Å². The summed E-state index contributed by atoms with van der Waals surface area (Å²) >= 11 is 0. The molecular weight excluding hydrogens is 257 g/mol. The summed E-state index contributed by atoms with van der Waals surface area (Å²) in [5.41, 5.74) is 1.05. The standard InChI is InChI=1S/C16H24FNO2/c1-19-9-10-20-8-7-14(12-18-16-5-6-16)13-3-2-4-15(17)11-13/h2-4,11,14,16,18H,5-10,12H2,1H3. The van der Waals surface area contributed by atoms with E-state index in [2.05, 4.69) is 5.32 Å². The van der Waals surface area contributed by atoms with Gasteiger partial charge in [0, 0.05) is 26.3 Å². The van der Waals surface area contributed by atoms with Crippen LogP contribution in [-0.4, -0.2) is 39.5 Å². The molecule has 1 N–H and O–H groups in total. The highest BCUT2D eigenvalue weighted by atomic mass is 19.1. The largest absolute Gasteiger partial charge is 0.382 e. The van der Waals surface area contributed by atoms with E-state index in [1.807, 2.05) is 6.07 Å². The van der Waals surface area contributed by atoms with Crippen molar-refractivity contribution in [2.45, 2.75) is 31.2 Å². The Morgan fingerprint density at radius 2 is 2.15 bits per heavy atom. The maximum Gasteiger partial charge on any atom is 0.123 e. The van der Waals surface area contributed by atoms with Crippen LogP contribution in [0.3, 0.4) is 0 Å². The quantitative estimate of drug-likeness (QED) is 0.669. The molecule has 1 aromatic rings. The fraction of sp³-hybridized carbons (Fsp3) is 0.625. The topological polar surface area (TPSA) is 30.5 Å². The van der Waals surface area contributed by atoms with Gasteiger partial charge in [0.05, 0.1) is 13.2 Å². The van der Waals surface area contributed by atoms with Gasteiger partial charge in [-0.15, -0.1) is 0 Å². The minimum atomic E-state index is -0.167. The first-order valence-electron chi connectivity index (χ1n) is 7.35. The maximum absolute atomic E-state index is 13.4. The predicted octanol–water partition coefficient (Wildman–Crippen LogP) is 2.71. The first kappa shape index (κ1) is 15.4. The molecule has 1 fully saturated rings. The molecule has 1 aromatic carbocycles. The van der Waals surface area contributed by atoms with Crippen LogP contribution in [0.5, 0.6) is 0 Å². The molecule has 1 atom stereocenters. The van der Waals surface area contributed by atoms with Crippen molar-refractivity contribution in [1.82, 2.24) is 5.32 Å². The highest BCUT2D eigenvalue weighted by Crippen LogP contribution is 2.23. The Morgan fingerprint density at radius 1 is 1.30 bits per heavy atom. The van der Waals surface area contributed by atoms with Crippen molar-refractivity contribution in [2.75, 3.05) is 33.5 Å². The zero-order valence-corrected chi connectivity index (χ0v) is 12.1. The molecule has 0 aromatic heterocycles. The third-order valence-electron chi connectivity index (χ3n) is 3.59. The molecule has 1 aliphatic rings. The van der Waals surface area contributed by atoms with E-state index in [1.165, 1.54) is 18.9 Å². The Morgan fingerprint density at radius 3 is 2.85 bits per heavy atom. The number of halogens is 1. The smallest absolute Gasteiger partial charge is 0.123 e. The van der Waals surface area contributed by atoms with Crippen LogP contribution in [0.4, 0.5) is 4.39 Å². The monoisotopic (exact) mass is 281 g/mol. The molecule has 2 rings (SSSR count). The lowest BCUT2D eigenvalue weighted by Crippen LogP contribution is -2.24. The highest BCUT2D eigenvalue weighted by molar-refractivity contribution is 5.21. The average molecular weight is 281 g/mol. The third kappa shape index (κ3) is 5.57. The van der Waals surface area contributed by atoms with E-state index in [-0.39, 0.29) is 5.82 Å². The SMILES string of the molecule is COCCOCCC(CNC1CC1)c1cccc(F)c1. The number of methoxy groups -OCH3 is 1. The molecule has 4 heteroatoms. The van der Waals surface area contributed by atoms with Crippen LogP contribution in [0.2, 0.25) is 0 Å². The van der Waals surface area contributed by atoms with Crippen LogP contribution in [0.1, 0.15) is 30.7 Å². The minimum absolute atomic E-state index is 0.167. The van der Waals surface area contributed by atoms with E-state index in [0.29, 0.717) is 31.8 Å². The first-order chi connectivity index (χ1) is 9.79. The van der Waals surface area contributed by atoms with Crippen LogP contribution >= 0.6 is 0 Å². The van der Waals surface area contributed by atoms with Crippen LogP contribution in [0.25, 0.3) is 0 Å². The van der Waals surface area contributed by atoms with Crippen molar-refractivity contribution in [3.63, 3.8) is 0 Å². The molecule has 0 saturated heterocycles. The summed E-state index contributed by atoms with van der Waals surface area (Å²) in [6.07, 6.45) is 3.42. The Balaban J connectivity index is 1.82. The lowest BCUT2D eigenvalue weighted by atomic mass is 9.96. The van der Waals surface area contributed by atoms with E-state index in [1.54, 1.807) is 19.2 Å². The van der Waals surface area contributed by atoms with Gasteiger partial charge in [0.2, 0.25) is 0 Å². The summed E-state index contributed by atoms with van der Waals surface area (Å²) in [4.78, 5) is 0. The molecule has 0 radical (unpaired) electrons. The number of hydrogen-bond acceptors (Lipinski definition) is 3. The second-order valence-corrected chi connectivity index (χ2v) is 5.33.